The monoisotopic (exact) mass is 484 g/mol. The Morgan fingerprint density at radius 3 is 2.82 bits per heavy atom. The maximum Gasteiger partial charge on any atom is 0.289 e. The minimum absolute atomic E-state index is 0.0446. The lowest BCUT2D eigenvalue weighted by atomic mass is 10.00. The van der Waals surface area contributed by atoms with E-state index in [9.17, 15) is 14.0 Å². The second kappa shape index (κ2) is 10.1. The molecule has 0 saturated carbocycles. The molecule has 0 aliphatic carbocycles. The summed E-state index contributed by atoms with van der Waals surface area (Å²) in [4.78, 5) is 35.1. The molecule has 34 heavy (non-hydrogen) atoms. The minimum atomic E-state index is -0.536. The van der Waals surface area contributed by atoms with E-state index in [1.54, 1.807) is 38.5 Å². The van der Waals surface area contributed by atoms with Gasteiger partial charge >= 0.3 is 0 Å². The van der Waals surface area contributed by atoms with Crippen molar-refractivity contribution in [3.8, 4) is 5.75 Å². The number of fused-ring (bicyclic) bond motifs is 1. The summed E-state index contributed by atoms with van der Waals surface area (Å²) in [6.07, 6.45) is 1.69. The van der Waals surface area contributed by atoms with Crippen LogP contribution < -0.4 is 10.1 Å². The SMILES string of the molecule is CN(C)C(=O)c1ccc(CNCc2nccc3c2N=C(COc2ccc(F)c(Cl)c2)CC3=O)o1. The van der Waals surface area contributed by atoms with Gasteiger partial charge in [0.1, 0.15) is 23.9 Å². The van der Waals surface area contributed by atoms with Gasteiger partial charge in [-0.25, -0.2) is 4.39 Å². The van der Waals surface area contributed by atoms with Gasteiger partial charge in [-0.3, -0.25) is 19.6 Å². The standard InChI is InChI=1S/C24H22ClFN4O4/c1-30(2)24(32)22-6-4-16(34-22)11-27-12-20-23-17(7-8-28-20)21(31)9-14(29-23)13-33-15-3-5-19(26)18(25)10-15/h3-8,10,27H,9,11-13H2,1-2H3. The van der Waals surface area contributed by atoms with Crippen molar-refractivity contribution in [2.24, 2.45) is 4.99 Å². The molecule has 1 aliphatic heterocycles. The van der Waals surface area contributed by atoms with E-state index in [1.807, 2.05) is 0 Å². The molecule has 3 heterocycles. The third-order valence-electron chi connectivity index (χ3n) is 5.10. The molecule has 1 amide bonds. The predicted molar refractivity (Wildman–Crippen MR) is 124 cm³/mol. The minimum Gasteiger partial charge on any atom is -0.488 e. The van der Waals surface area contributed by atoms with Crippen LogP contribution in [0.15, 0.2) is 52.0 Å². The first-order valence-corrected chi connectivity index (χ1v) is 10.9. The van der Waals surface area contributed by atoms with Crippen molar-refractivity contribution in [1.29, 1.82) is 0 Å². The van der Waals surface area contributed by atoms with Gasteiger partial charge in [0.05, 0.1) is 35.1 Å². The summed E-state index contributed by atoms with van der Waals surface area (Å²) in [6, 6.07) is 9.06. The highest BCUT2D eigenvalue weighted by Crippen LogP contribution is 2.29. The fourth-order valence-electron chi connectivity index (χ4n) is 3.38. The van der Waals surface area contributed by atoms with Gasteiger partial charge in [0.25, 0.3) is 5.91 Å². The number of amides is 1. The summed E-state index contributed by atoms with van der Waals surface area (Å²) in [5.74, 6) is 0.413. The zero-order chi connectivity index (χ0) is 24.2. The molecule has 10 heteroatoms. The van der Waals surface area contributed by atoms with Crippen LogP contribution in [0.2, 0.25) is 5.02 Å². The highest BCUT2D eigenvalue weighted by atomic mass is 35.5. The first-order chi connectivity index (χ1) is 16.3. The Kier molecular flexibility index (Phi) is 7.04. The number of carbonyl (C=O) groups excluding carboxylic acids is 2. The van der Waals surface area contributed by atoms with Crippen molar-refractivity contribution >= 4 is 34.7 Å². The lowest BCUT2D eigenvalue weighted by molar-refractivity contribution is 0.0794. The molecule has 1 aromatic carbocycles. The number of ether oxygens (including phenoxy) is 1. The van der Waals surface area contributed by atoms with Crippen molar-refractivity contribution in [1.82, 2.24) is 15.2 Å². The molecule has 0 radical (unpaired) electrons. The molecule has 0 atom stereocenters. The second-order valence-electron chi connectivity index (χ2n) is 7.87. The lowest BCUT2D eigenvalue weighted by Crippen LogP contribution is -2.22. The Labute approximate surface area is 200 Å². The topological polar surface area (TPSA) is 97.0 Å². The molecular weight excluding hydrogens is 463 g/mol. The number of halogens is 2. The van der Waals surface area contributed by atoms with Gasteiger partial charge in [0.15, 0.2) is 11.5 Å². The van der Waals surface area contributed by atoms with Crippen LogP contribution in [0.25, 0.3) is 0 Å². The summed E-state index contributed by atoms with van der Waals surface area (Å²) >= 11 is 5.79. The van der Waals surface area contributed by atoms with Gasteiger partial charge in [-0.1, -0.05) is 11.6 Å². The molecule has 3 aromatic rings. The number of nitrogens with zero attached hydrogens (tertiary/aromatic N) is 3. The maximum absolute atomic E-state index is 13.3. The van der Waals surface area contributed by atoms with E-state index >= 15 is 0 Å². The highest BCUT2D eigenvalue weighted by molar-refractivity contribution is 6.30. The number of hydrogen-bond donors (Lipinski definition) is 1. The van der Waals surface area contributed by atoms with E-state index < -0.39 is 5.82 Å². The normalized spacial score (nSPS) is 12.8. The Balaban J connectivity index is 1.43. The first kappa shape index (κ1) is 23.6. The Morgan fingerprint density at radius 2 is 2.06 bits per heavy atom. The van der Waals surface area contributed by atoms with Crippen LogP contribution in [0.5, 0.6) is 5.75 Å². The van der Waals surface area contributed by atoms with Gasteiger partial charge in [-0.15, -0.1) is 0 Å². The maximum atomic E-state index is 13.3. The van der Waals surface area contributed by atoms with Crippen molar-refractivity contribution < 1.29 is 23.1 Å². The first-order valence-electron chi connectivity index (χ1n) is 10.5. The number of hydrogen-bond acceptors (Lipinski definition) is 7. The molecule has 0 bridgehead atoms. The number of carbonyl (C=O) groups is 2. The fourth-order valence-corrected chi connectivity index (χ4v) is 3.55. The van der Waals surface area contributed by atoms with E-state index in [0.717, 1.165) is 0 Å². The average Bonchev–Trinajstić information content (AvgIpc) is 3.28. The van der Waals surface area contributed by atoms with Crippen LogP contribution >= 0.6 is 11.6 Å². The Bertz CT molecular complexity index is 1270. The van der Waals surface area contributed by atoms with Gasteiger partial charge in [0.2, 0.25) is 0 Å². The Hall–Kier alpha value is -3.56. The molecule has 0 saturated heterocycles. The van der Waals surface area contributed by atoms with Gasteiger partial charge in [-0.05, 0) is 30.3 Å². The lowest BCUT2D eigenvalue weighted by Gasteiger charge is -2.17. The average molecular weight is 485 g/mol. The molecule has 0 spiro atoms. The summed E-state index contributed by atoms with van der Waals surface area (Å²) in [5, 5.41) is 3.16. The highest BCUT2D eigenvalue weighted by Gasteiger charge is 2.23. The number of aliphatic imine (C=N–C) groups is 1. The zero-order valence-corrected chi connectivity index (χ0v) is 19.4. The fraction of sp³-hybridized carbons (Fsp3) is 0.250. The third-order valence-corrected chi connectivity index (χ3v) is 5.39. The number of pyridine rings is 1. The number of nitrogens with one attached hydrogen (secondary N) is 1. The van der Waals surface area contributed by atoms with E-state index in [0.29, 0.717) is 47.3 Å². The number of ketones is 1. The van der Waals surface area contributed by atoms with Crippen LogP contribution in [0.1, 0.15) is 38.8 Å². The summed E-state index contributed by atoms with van der Waals surface area (Å²) in [5.41, 5.74) is 2.12. The molecule has 8 nitrogen and oxygen atoms in total. The van der Waals surface area contributed by atoms with Crippen LogP contribution in [-0.4, -0.2) is 48.0 Å². The van der Waals surface area contributed by atoms with Crippen LogP contribution in [0.3, 0.4) is 0 Å². The van der Waals surface area contributed by atoms with Gasteiger partial charge < -0.3 is 19.4 Å². The largest absolute Gasteiger partial charge is 0.488 e. The van der Waals surface area contributed by atoms with E-state index in [1.165, 1.54) is 23.1 Å². The number of rotatable bonds is 8. The number of benzene rings is 1. The van der Waals surface area contributed by atoms with Crippen molar-refractivity contribution in [3.05, 3.63) is 76.2 Å². The zero-order valence-electron chi connectivity index (χ0n) is 18.6. The summed E-state index contributed by atoms with van der Waals surface area (Å²) in [6.45, 7) is 0.758. The van der Waals surface area contributed by atoms with Gasteiger partial charge in [0, 0.05) is 38.5 Å². The van der Waals surface area contributed by atoms with Crippen molar-refractivity contribution in [3.63, 3.8) is 0 Å². The molecule has 0 fully saturated rings. The second-order valence-corrected chi connectivity index (χ2v) is 8.27. The van der Waals surface area contributed by atoms with E-state index in [4.69, 9.17) is 20.8 Å². The van der Waals surface area contributed by atoms with Crippen LogP contribution in [-0.2, 0) is 13.1 Å². The van der Waals surface area contributed by atoms with Crippen molar-refractivity contribution in [2.75, 3.05) is 20.7 Å². The number of Topliss-reactive ketones (excluding diaryl/α,β-unsaturated/α-hetero) is 1. The molecule has 0 unspecified atom stereocenters. The Morgan fingerprint density at radius 1 is 1.24 bits per heavy atom. The quantitative estimate of drug-likeness (QED) is 0.514. The third kappa shape index (κ3) is 5.32. The van der Waals surface area contributed by atoms with Crippen molar-refractivity contribution in [2.45, 2.75) is 19.5 Å². The van der Waals surface area contributed by atoms with Crippen LogP contribution in [0, 0.1) is 5.82 Å². The van der Waals surface area contributed by atoms with Gasteiger partial charge in [-0.2, -0.15) is 0 Å². The van der Waals surface area contributed by atoms with Crippen LogP contribution in [0.4, 0.5) is 10.1 Å². The molecular formula is C24H22ClFN4O4. The number of furan rings is 1. The predicted octanol–water partition coefficient (Wildman–Crippen LogP) is 4.20. The molecule has 2 aromatic heterocycles. The summed E-state index contributed by atoms with van der Waals surface area (Å²) in [7, 11) is 3.31. The summed E-state index contributed by atoms with van der Waals surface area (Å²) < 4.78 is 24.6. The molecule has 4 rings (SSSR count). The molecule has 1 aliphatic rings. The smallest absolute Gasteiger partial charge is 0.289 e. The molecule has 176 valence electrons. The van der Waals surface area contributed by atoms with E-state index in [-0.39, 0.29) is 35.5 Å². The number of aromatic nitrogens is 1. The molecule has 1 N–H and O–H groups in total. The van der Waals surface area contributed by atoms with E-state index in [2.05, 4.69) is 15.3 Å².